The number of rotatable bonds is 10. The van der Waals surface area contributed by atoms with Gasteiger partial charge in [0, 0.05) is 89.0 Å². The predicted octanol–water partition coefficient (Wildman–Crippen LogP) is 31.4. The summed E-state index contributed by atoms with van der Waals surface area (Å²) in [6.07, 6.45) is 25.2. The van der Waals surface area contributed by atoms with E-state index in [1.54, 1.807) is 34.4 Å². The third-order valence-electron chi connectivity index (χ3n) is 21.2. The zero-order chi connectivity index (χ0) is 85.3. The molecule has 604 valence electrons. The summed E-state index contributed by atoms with van der Waals surface area (Å²) < 4.78 is 4.29. The van der Waals surface area contributed by atoms with Crippen LogP contribution in [0.3, 0.4) is 0 Å². The van der Waals surface area contributed by atoms with E-state index in [2.05, 4.69) is 162 Å². The Balaban J connectivity index is 0.000000125. The summed E-state index contributed by atoms with van der Waals surface area (Å²) in [5, 5.41) is 9.30. The Labute approximate surface area is 760 Å². The van der Waals surface area contributed by atoms with Crippen LogP contribution in [0, 0.1) is 41.5 Å². The molecule has 14 aromatic rings. The highest BCUT2D eigenvalue weighted by Crippen LogP contribution is 2.41. The molecular weight excluding hydrogens is 1760 g/mol. The lowest BCUT2D eigenvalue weighted by atomic mass is 9.98. The molecule has 0 radical (unpaired) electrons. The van der Waals surface area contributed by atoms with Gasteiger partial charge in [-0.25, -0.2) is 0 Å². The van der Waals surface area contributed by atoms with E-state index in [0.29, 0.717) is 20.1 Å². The quantitative estimate of drug-likeness (QED) is 0.143. The molecule has 2 heterocycles. The molecule has 2 aromatic heterocycles. The van der Waals surface area contributed by atoms with Crippen LogP contribution in [-0.2, 0) is 25.7 Å². The Morgan fingerprint density at radius 3 is 1.18 bits per heavy atom. The second-order valence-electron chi connectivity index (χ2n) is 29.9. The predicted molar refractivity (Wildman–Crippen MR) is 519 cm³/mol. The zero-order valence-electron chi connectivity index (χ0n) is 66.8. The number of nitrogens with two attached hydrogens (primary N) is 2. The molecule has 6 nitrogen and oxygen atoms in total. The van der Waals surface area contributed by atoms with Gasteiger partial charge in [0.15, 0.2) is 0 Å². The first-order valence-corrected chi connectivity index (χ1v) is 43.5. The molecule has 4 aliphatic rings. The van der Waals surface area contributed by atoms with Crippen LogP contribution < -0.4 is 11.5 Å². The highest BCUT2D eigenvalue weighted by Gasteiger charge is 2.23. The van der Waals surface area contributed by atoms with Crippen molar-refractivity contribution >= 4 is 200 Å². The maximum atomic E-state index is 12.4. The van der Waals surface area contributed by atoms with Crippen molar-refractivity contribution in [2.24, 2.45) is 11.5 Å². The molecule has 17 heteroatoms. The second kappa shape index (κ2) is 39.8. The Morgan fingerprint density at radius 1 is 0.375 bits per heavy atom. The van der Waals surface area contributed by atoms with Gasteiger partial charge in [-0.1, -0.05) is 277 Å². The summed E-state index contributed by atoms with van der Waals surface area (Å²) >= 11 is 64.4. The van der Waals surface area contributed by atoms with Gasteiger partial charge >= 0.3 is 0 Å². The van der Waals surface area contributed by atoms with Gasteiger partial charge < -0.3 is 11.5 Å². The van der Waals surface area contributed by atoms with Crippen molar-refractivity contribution < 1.29 is 9.59 Å². The molecule has 120 heavy (non-hydrogen) atoms. The van der Waals surface area contributed by atoms with Gasteiger partial charge in [-0.05, 0) is 336 Å². The number of nitrogens with zero attached hydrogens (tertiary/aromatic N) is 2. The standard InChI is InChI=1S/C18H14BrCl.C18H16Cl2N2O.C18H14Cl2.C17H14Cl2N2O.C16H12Cl2.C16H13Cl/c1-12-10-13(3-9-18(12)20)2-4-14-5-6-15-7-8-16(19)11-17(14)15;1-10-7-12(3-5-16(10)20)15-9-22(18(23)11(2)21)17-6-4-13(19)8-14(15)17;1-12-10-13(3-9-18(12)20)2-4-14-5-6-15-7-8-16(19)11-17(14)15;1-10-6-11(2-4-15(10)19)14-9-21(17(22)8-20)16-5-3-12(18)7-13(14)16;1-10-8-12(4-7-16(10)18)14-6-3-11-2-5-13(17)9-15(11)14;1-11-3-2-4-13(9-11)15-8-6-12-5-7-14(17)10-16(12)15/h2-5,7-11H,6H2,1H3;3-9,11H,21H2,1-2H3;2-5,7-11H,6H2,1H3;2-7,9H,8,20H2,1H3;2,4-9H,3H2,1H3;2-5,7-10H,6H2,1H3/b4-2+;;4-2+;;;. The van der Waals surface area contributed by atoms with Crippen molar-refractivity contribution in [1.29, 1.82) is 0 Å². The van der Waals surface area contributed by atoms with Crippen LogP contribution in [-0.4, -0.2) is 33.5 Å². The van der Waals surface area contributed by atoms with Crippen molar-refractivity contribution in [2.45, 2.75) is 80.2 Å². The molecule has 18 rings (SSSR count). The maximum absolute atomic E-state index is 12.4. The van der Waals surface area contributed by atoms with Crippen molar-refractivity contribution in [3.05, 3.63) is 428 Å². The zero-order valence-corrected chi connectivity index (χ0v) is 75.9. The highest BCUT2D eigenvalue weighted by molar-refractivity contribution is 9.10. The van der Waals surface area contributed by atoms with Gasteiger partial charge in [-0.15, -0.1) is 0 Å². The van der Waals surface area contributed by atoms with Crippen molar-refractivity contribution in [3.63, 3.8) is 0 Å². The Morgan fingerprint density at radius 2 is 0.742 bits per heavy atom. The van der Waals surface area contributed by atoms with Crippen LogP contribution in [0.25, 0.3) is 78.5 Å². The lowest BCUT2D eigenvalue weighted by Crippen LogP contribution is -2.31. The van der Waals surface area contributed by atoms with Crippen molar-refractivity contribution in [1.82, 2.24) is 9.13 Å². The molecule has 0 bridgehead atoms. The van der Waals surface area contributed by atoms with E-state index in [-0.39, 0.29) is 18.4 Å². The van der Waals surface area contributed by atoms with Gasteiger partial charge in [0.2, 0.25) is 11.8 Å². The number of carbonyl (C=O) groups is 2. The van der Waals surface area contributed by atoms with Gasteiger partial charge in [0.1, 0.15) is 0 Å². The van der Waals surface area contributed by atoms with Crippen LogP contribution in [0.4, 0.5) is 0 Å². The van der Waals surface area contributed by atoms with E-state index < -0.39 is 6.04 Å². The van der Waals surface area contributed by atoms with Gasteiger partial charge in [-0.2, -0.15) is 0 Å². The minimum absolute atomic E-state index is 0.0501. The fourth-order valence-electron chi connectivity index (χ4n) is 14.8. The van der Waals surface area contributed by atoms with E-state index in [0.717, 1.165) is 138 Å². The molecular formula is C103H83BrCl10N4O2. The minimum Gasteiger partial charge on any atom is -0.322 e. The van der Waals surface area contributed by atoms with Crippen molar-refractivity contribution in [3.8, 4) is 22.3 Å². The molecule has 4 aliphatic carbocycles. The summed E-state index contributed by atoms with van der Waals surface area (Å²) in [6.45, 7) is 13.7. The fraction of sp³-hybridized carbons (Fsp3) is 0.126. The number of allylic oxidation sites excluding steroid dienone is 8. The minimum atomic E-state index is -0.582. The number of hydrogen-bond acceptors (Lipinski definition) is 4. The molecule has 4 N–H and O–H groups in total. The van der Waals surface area contributed by atoms with E-state index in [4.69, 9.17) is 127 Å². The molecule has 12 aromatic carbocycles. The van der Waals surface area contributed by atoms with Crippen molar-refractivity contribution in [2.75, 3.05) is 6.54 Å². The average molecular weight is 1840 g/mol. The first-order chi connectivity index (χ1) is 57.5. The molecule has 0 spiro atoms. The summed E-state index contributed by atoms with van der Waals surface area (Å²) in [5.41, 5.74) is 43.6. The summed E-state index contributed by atoms with van der Waals surface area (Å²) in [4.78, 5) is 24.5. The molecule has 0 aliphatic heterocycles. The summed E-state index contributed by atoms with van der Waals surface area (Å²) in [6, 6.07) is 73.6. The van der Waals surface area contributed by atoms with E-state index in [1.165, 1.54) is 89.1 Å². The van der Waals surface area contributed by atoms with Crippen LogP contribution >= 0.6 is 132 Å². The van der Waals surface area contributed by atoms with Gasteiger partial charge in [0.25, 0.3) is 0 Å². The Bertz CT molecular complexity index is 6410. The summed E-state index contributed by atoms with van der Waals surface area (Å²) in [5.74, 6) is -0.321. The number of aryl methyl sites for hydroxylation is 6. The van der Waals surface area contributed by atoms with Crippen LogP contribution in [0.15, 0.2) is 278 Å². The van der Waals surface area contributed by atoms with Crippen LogP contribution in [0.1, 0.15) is 117 Å². The Hall–Kier alpha value is -9.20. The number of halogens is 11. The average Bonchev–Trinajstić information content (AvgIpc) is 1.62. The highest BCUT2D eigenvalue weighted by atomic mass is 79.9. The molecule has 1 unspecified atom stereocenters. The molecule has 1 atom stereocenters. The van der Waals surface area contributed by atoms with E-state index >= 15 is 0 Å². The summed E-state index contributed by atoms with van der Waals surface area (Å²) in [7, 11) is 0. The molecule has 0 fully saturated rings. The van der Waals surface area contributed by atoms with Crippen LogP contribution in [0.5, 0.6) is 0 Å². The first-order valence-electron chi connectivity index (χ1n) is 38.9. The SMILES string of the molecule is Cc1cc(-c2cn(C(=O)C(C)N)c3ccc(Cl)cc23)ccc1Cl.Cc1cc(-c2cn(C(=O)CN)c3ccc(Cl)cc23)ccc1Cl.Cc1cc(/C=C/C2=CCc3ccc(Br)cc32)ccc1Cl.Cc1cc(/C=C/C2=CCc3ccc(Cl)cc32)ccc1Cl.Cc1cc(C2=CCc3ccc(Cl)cc32)ccc1Cl.Cc1cccc(C2=CCc3ccc(Cl)cc32)c1. The van der Waals surface area contributed by atoms with Crippen LogP contribution in [0.2, 0.25) is 50.2 Å². The number of aromatic nitrogens is 2. The van der Waals surface area contributed by atoms with E-state index in [1.807, 2.05) is 162 Å². The lowest BCUT2D eigenvalue weighted by Gasteiger charge is -2.08. The largest absolute Gasteiger partial charge is 0.322 e. The monoisotopic (exact) mass is 1840 g/mol. The number of benzene rings is 12. The number of hydrogen-bond donors (Lipinski definition) is 2. The third-order valence-corrected chi connectivity index (χ3v) is 25.0. The van der Waals surface area contributed by atoms with E-state index in [9.17, 15) is 9.59 Å². The molecule has 0 saturated heterocycles. The maximum Gasteiger partial charge on any atom is 0.247 e. The number of carbonyl (C=O) groups excluding carboxylic acids is 2. The smallest absolute Gasteiger partial charge is 0.247 e. The molecule has 0 amide bonds. The second-order valence-corrected chi connectivity index (χ2v) is 35.0. The number of fused-ring (bicyclic) bond motifs is 6. The lowest BCUT2D eigenvalue weighted by molar-refractivity contribution is 0.0890. The normalized spacial score (nSPS) is 12.9. The molecule has 0 saturated carbocycles. The topological polar surface area (TPSA) is 96.0 Å². The Kier molecular flexibility index (Phi) is 29.4. The fourth-order valence-corrected chi connectivity index (χ4v) is 16.7. The first kappa shape index (κ1) is 88.6. The third kappa shape index (κ3) is 21.3. The van der Waals surface area contributed by atoms with Gasteiger partial charge in [0.05, 0.1) is 23.6 Å². The van der Waals surface area contributed by atoms with Gasteiger partial charge in [-0.3, -0.25) is 18.7 Å².